The maximum atomic E-state index is 8.56. The van der Waals surface area contributed by atoms with Crippen molar-refractivity contribution in [1.29, 1.82) is 0 Å². The Morgan fingerprint density at radius 3 is 3.00 bits per heavy atom. The van der Waals surface area contributed by atoms with Crippen molar-refractivity contribution in [2.45, 2.75) is 25.8 Å². The third-order valence-electron chi connectivity index (χ3n) is 3.23. The van der Waals surface area contributed by atoms with Crippen molar-refractivity contribution >= 4 is 5.84 Å². The van der Waals surface area contributed by atoms with Gasteiger partial charge < -0.3 is 20.8 Å². The number of hydrogen-bond acceptors (Lipinski definition) is 5. The zero-order valence-electron chi connectivity index (χ0n) is 9.93. The van der Waals surface area contributed by atoms with E-state index in [9.17, 15) is 0 Å². The average molecular weight is 238 g/mol. The zero-order chi connectivity index (χ0) is 12.3. The molecular weight excluding hydrogens is 220 g/mol. The molecular formula is C10H18N6O. The molecule has 0 unspecified atom stereocenters. The Labute approximate surface area is 99.7 Å². The average Bonchev–Trinajstić information content (AvgIpc) is 2.95. The van der Waals surface area contributed by atoms with Crippen LogP contribution >= 0.6 is 0 Å². The van der Waals surface area contributed by atoms with Crippen molar-refractivity contribution in [2.24, 2.45) is 23.4 Å². The normalized spacial score (nSPS) is 18.3. The Bertz CT molecular complexity index is 409. The first-order valence-corrected chi connectivity index (χ1v) is 5.65. The van der Waals surface area contributed by atoms with E-state index in [2.05, 4.69) is 20.7 Å². The standard InChI is InChI=1S/C10H18N6O/c1-16-7-13-14-9(16)5-12-6-10(2-3-10)4-8(11)15-17/h7,12,17H,2-6H2,1H3,(H2,11,15). The molecule has 17 heavy (non-hydrogen) atoms. The zero-order valence-corrected chi connectivity index (χ0v) is 9.93. The van der Waals surface area contributed by atoms with E-state index in [0.717, 1.165) is 25.2 Å². The van der Waals surface area contributed by atoms with E-state index in [1.165, 1.54) is 0 Å². The quantitative estimate of drug-likeness (QED) is 0.276. The summed E-state index contributed by atoms with van der Waals surface area (Å²) < 4.78 is 1.89. The van der Waals surface area contributed by atoms with Crippen LogP contribution < -0.4 is 11.1 Å². The van der Waals surface area contributed by atoms with Crippen LogP contribution in [-0.2, 0) is 13.6 Å². The van der Waals surface area contributed by atoms with Gasteiger partial charge in [0, 0.05) is 20.0 Å². The van der Waals surface area contributed by atoms with Crippen LogP contribution in [0.1, 0.15) is 25.1 Å². The molecule has 1 aromatic rings. The van der Waals surface area contributed by atoms with E-state index in [-0.39, 0.29) is 5.41 Å². The highest BCUT2D eigenvalue weighted by atomic mass is 16.4. The number of nitrogens with zero attached hydrogens (tertiary/aromatic N) is 4. The van der Waals surface area contributed by atoms with Crippen molar-refractivity contribution in [3.05, 3.63) is 12.2 Å². The van der Waals surface area contributed by atoms with Crippen LogP contribution in [-0.4, -0.2) is 32.4 Å². The summed E-state index contributed by atoms with van der Waals surface area (Å²) in [5, 5.41) is 22.7. The fraction of sp³-hybridized carbons (Fsp3) is 0.700. The maximum Gasteiger partial charge on any atom is 0.146 e. The van der Waals surface area contributed by atoms with Gasteiger partial charge in [-0.1, -0.05) is 5.16 Å². The van der Waals surface area contributed by atoms with E-state index in [1.807, 2.05) is 11.6 Å². The van der Waals surface area contributed by atoms with Gasteiger partial charge in [0.05, 0.1) is 6.54 Å². The number of rotatable bonds is 6. The fourth-order valence-corrected chi connectivity index (χ4v) is 1.92. The summed E-state index contributed by atoms with van der Waals surface area (Å²) in [7, 11) is 1.92. The first-order valence-electron chi connectivity index (χ1n) is 5.65. The Balaban J connectivity index is 1.77. The molecule has 1 fully saturated rings. The number of nitrogens with two attached hydrogens (primary N) is 1. The number of nitrogens with one attached hydrogen (secondary N) is 1. The lowest BCUT2D eigenvalue weighted by Gasteiger charge is -2.14. The summed E-state index contributed by atoms with van der Waals surface area (Å²) in [6, 6.07) is 0. The molecule has 0 atom stereocenters. The molecule has 0 radical (unpaired) electrons. The molecule has 2 rings (SSSR count). The maximum absolute atomic E-state index is 8.56. The van der Waals surface area contributed by atoms with E-state index in [4.69, 9.17) is 10.9 Å². The van der Waals surface area contributed by atoms with Gasteiger partial charge in [0.2, 0.25) is 0 Å². The highest BCUT2D eigenvalue weighted by Gasteiger charge is 2.42. The van der Waals surface area contributed by atoms with Crippen LogP contribution in [0.25, 0.3) is 0 Å². The minimum absolute atomic E-state index is 0.176. The second kappa shape index (κ2) is 4.70. The number of hydrogen-bond donors (Lipinski definition) is 3. The summed E-state index contributed by atoms with van der Waals surface area (Å²) in [5.74, 6) is 1.22. The first kappa shape index (κ1) is 11.8. The Hall–Kier alpha value is -1.63. The van der Waals surface area contributed by atoms with Crippen molar-refractivity contribution in [3.8, 4) is 0 Å². The van der Waals surface area contributed by atoms with Crippen LogP contribution in [0.3, 0.4) is 0 Å². The molecule has 0 amide bonds. The van der Waals surface area contributed by atoms with Gasteiger partial charge in [-0.15, -0.1) is 10.2 Å². The van der Waals surface area contributed by atoms with E-state index < -0.39 is 0 Å². The molecule has 1 aliphatic carbocycles. The minimum Gasteiger partial charge on any atom is -0.409 e. The van der Waals surface area contributed by atoms with E-state index >= 15 is 0 Å². The number of aryl methyl sites for hydroxylation is 1. The fourth-order valence-electron chi connectivity index (χ4n) is 1.92. The SMILES string of the molecule is Cn1cnnc1CNCC1(CC(N)=NO)CC1. The van der Waals surface area contributed by atoms with Gasteiger partial charge in [-0.2, -0.15) is 0 Å². The Kier molecular flexibility index (Phi) is 3.28. The van der Waals surface area contributed by atoms with E-state index in [1.54, 1.807) is 6.33 Å². The predicted molar refractivity (Wildman–Crippen MR) is 62.4 cm³/mol. The Morgan fingerprint density at radius 2 is 2.47 bits per heavy atom. The molecule has 1 aliphatic rings. The Morgan fingerprint density at radius 1 is 1.71 bits per heavy atom. The van der Waals surface area contributed by atoms with Gasteiger partial charge in [-0.3, -0.25) is 0 Å². The molecule has 0 aromatic carbocycles. The van der Waals surface area contributed by atoms with Crippen molar-refractivity contribution < 1.29 is 5.21 Å². The van der Waals surface area contributed by atoms with Crippen LogP contribution in [0.4, 0.5) is 0 Å². The molecule has 94 valence electrons. The second-order valence-corrected chi connectivity index (χ2v) is 4.73. The molecule has 4 N–H and O–H groups in total. The summed E-state index contributed by atoms with van der Waals surface area (Å²) in [6.45, 7) is 1.55. The van der Waals surface area contributed by atoms with Crippen LogP contribution in [0.15, 0.2) is 11.5 Å². The lowest BCUT2D eigenvalue weighted by molar-refractivity contribution is 0.314. The molecule has 7 heteroatoms. The predicted octanol–water partition coefficient (Wildman–Crippen LogP) is -0.179. The van der Waals surface area contributed by atoms with Gasteiger partial charge in [-0.25, -0.2) is 0 Å². The van der Waals surface area contributed by atoms with Crippen molar-refractivity contribution in [3.63, 3.8) is 0 Å². The molecule has 0 spiro atoms. The number of aromatic nitrogens is 3. The highest BCUT2D eigenvalue weighted by Crippen LogP contribution is 2.48. The molecule has 0 saturated heterocycles. The molecule has 1 aromatic heterocycles. The topological polar surface area (TPSA) is 101 Å². The molecule has 0 bridgehead atoms. The molecule has 1 heterocycles. The number of amidine groups is 1. The van der Waals surface area contributed by atoms with Crippen molar-refractivity contribution in [2.75, 3.05) is 6.54 Å². The lowest BCUT2D eigenvalue weighted by atomic mass is 10.0. The third kappa shape index (κ3) is 2.94. The van der Waals surface area contributed by atoms with Gasteiger partial charge in [0.1, 0.15) is 18.0 Å². The van der Waals surface area contributed by atoms with E-state index in [0.29, 0.717) is 18.8 Å². The summed E-state index contributed by atoms with van der Waals surface area (Å²) in [5.41, 5.74) is 5.71. The summed E-state index contributed by atoms with van der Waals surface area (Å²) in [4.78, 5) is 0. The molecule has 7 nitrogen and oxygen atoms in total. The first-order chi connectivity index (χ1) is 8.15. The van der Waals surface area contributed by atoms with Crippen LogP contribution in [0, 0.1) is 5.41 Å². The van der Waals surface area contributed by atoms with Crippen molar-refractivity contribution in [1.82, 2.24) is 20.1 Å². The van der Waals surface area contributed by atoms with Crippen LogP contribution in [0.2, 0.25) is 0 Å². The van der Waals surface area contributed by atoms with Gasteiger partial charge >= 0.3 is 0 Å². The monoisotopic (exact) mass is 238 g/mol. The summed E-state index contributed by atoms with van der Waals surface area (Å²) in [6.07, 6.45) is 4.57. The van der Waals surface area contributed by atoms with Crippen LogP contribution in [0.5, 0.6) is 0 Å². The number of oxime groups is 1. The van der Waals surface area contributed by atoms with Gasteiger partial charge in [0.15, 0.2) is 0 Å². The second-order valence-electron chi connectivity index (χ2n) is 4.73. The smallest absolute Gasteiger partial charge is 0.146 e. The minimum atomic E-state index is 0.176. The molecule has 1 saturated carbocycles. The van der Waals surface area contributed by atoms with Gasteiger partial charge in [-0.05, 0) is 18.3 Å². The molecule has 0 aliphatic heterocycles. The summed E-state index contributed by atoms with van der Waals surface area (Å²) >= 11 is 0. The van der Waals surface area contributed by atoms with Gasteiger partial charge in [0.25, 0.3) is 0 Å². The largest absolute Gasteiger partial charge is 0.409 e. The highest BCUT2D eigenvalue weighted by molar-refractivity contribution is 5.80. The lowest BCUT2D eigenvalue weighted by Crippen LogP contribution is -2.28. The third-order valence-corrected chi connectivity index (χ3v) is 3.23.